The number of allylic oxidation sites excluding steroid dienone is 1. The van der Waals surface area contributed by atoms with Gasteiger partial charge in [-0.3, -0.25) is 4.79 Å². The number of benzene rings is 2. The van der Waals surface area contributed by atoms with Crippen LogP contribution in [0.15, 0.2) is 42.2 Å². The zero-order valence-electron chi connectivity index (χ0n) is 11.8. The van der Waals surface area contributed by atoms with Crippen LogP contribution in [-0.4, -0.2) is 18.0 Å². The Morgan fingerprint density at radius 2 is 1.95 bits per heavy atom. The molecule has 1 aliphatic heterocycles. The van der Waals surface area contributed by atoms with E-state index in [0.29, 0.717) is 22.4 Å². The quantitative estimate of drug-likeness (QED) is 0.865. The summed E-state index contributed by atoms with van der Waals surface area (Å²) >= 11 is 0. The smallest absolute Gasteiger partial charge is 0.228 e. The van der Waals surface area contributed by atoms with Crippen LogP contribution < -0.4 is 4.74 Å². The van der Waals surface area contributed by atoms with Gasteiger partial charge >= 0.3 is 0 Å². The van der Waals surface area contributed by atoms with Crippen LogP contribution in [0.4, 0.5) is 4.39 Å². The van der Waals surface area contributed by atoms with Crippen LogP contribution in [0.1, 0.15) is 21.5 Å². The van der Waals surface area contributed by atoms with Gasteiger partial charge in [-0.1, -0.05) is 12.1 Å². The van der Waals surface area contributed by atoms with Gasteiger partial charge in [0.1, 0.15) is 12.4 Å². The minimum atomic E-state index is -0.347. The van der Waals surface area contributed by atoms with Gasteiger partial charge in [0, 0.05) is 11.1 Å². The van der Waals surface area contributed by atoms with Crippen molar-refractivity contribution in [3.05, 3.63) is 64.7 Å². The highest BCUT2D eigenvalue weighted by Crippen LogP contribution is 2.37. The van der Waals surface area contributed by atoms with Gasteiger partial charge in [-0.25, -0.2) is 4.39 Å². The summed E-state index contributed by atoms with van der Waals surface area (Å²) in [5.74, 6) is -0.317. The summed E-state index contributed by atoms with van der Waals surface area (Å²) in [4.78, 5) is 12.4. The molecule has 0 aliphatic carbocycles. The van der Waals surface area contributed by atoms with Crippen molar-refractivity contribution in [1.29, 1.82) is 0 Å². The lowest BCUT2D eigenvalue weighted by Gasteiger charge is -2.20. The lowest BCUT2D eigenvalue weighted by atomic mass is 9.98. The lowest BCUT2D eigenvalue weighted by Crippen LogP contribution is -2.16. The van der Waals surface area contributed by atoms with E-state index in [1.54, 1.807) is 24.3 Å². The second-order valence-electron chi connectivity index (χ2n) is 4.82. The van der Waals surface area contributed by atoms with Crippen molar-refractivity contribution in [1.82, 2.24) is 0 Å². The van der Waals surface area contributed by atoms with Crippen LogP contribution >= 0.6 is 0 Å². The second kappa shape index (κ2) is 5.52. The standard InChI is InChI=1S/C17H13FO4/c1-21-14-7-6-12-13(17(14)20)9-22-15(16(12)19)8-10-2-4-11(18)5-3-10/h2-8,20H,9H2,1H3/b15-8-. The fourth-order valence-corrected chi connectivity index (χ4v) is 2.30. The van der Waals surface area contributed by atoms with Crippen LogP contribution in [0.5, 0.6) is 11.5 Å². The highest BCUT2D eigenvalue weighted by atomic mass is 19.1. The zero-order valence-corrected chi connectivity index (χ0v) is 11.8. The molecule has 0 amide bonds. The molecular formula is C17H13FO4. The Bertz CT molecular complexity index is 763. The Morgan fingerprint density at radius 1 is 1.23 bits per heavy atom. The lowest BCUT2D eigenvalue weighted by molar-refractivity contribution is 0.0866. The summed E-state index contributed by atoms with van der Waals surface area (Å²) in [5, 5.41) is 10.0. The Labute approximate surface area is 126 Å². The first-order valence-corrected chi connectivity index (χ1v) is 6.63. The van der Waals surface area contributed by atoms with E-state index in [1.807, 2.05) is 0 Å². The largest absolute Gasteiger partial charge is 0.504 e. The molecule has 4 nitrogen and oxygen atoms in total. The summed E-state index contributed by atoms with van der Waals surface area (Å²) < 4.78 is 23.3. The Morgan fingerprint density at radius 3 is 2.64 bits per heavy atom. The van der Waals surface area contributed by atoms with Gasteiger partial charge in [0.2, 0.25) is 5.78 Å². The van der Waals surface area contributed by atoms with E-state index >= 15 is 0 Å². The maximum Gasteiger partial charge on any atom is 0.228 e. The number of rotatable bonds is 2. The number of aromatic hydroxyl groups is 1. The van der Waals surface area contributed by atoms with Gasteiger partial charge in [-0.05, 0) is 35.9 Å². The fraction of sp³-hybridized carbons (Fsp3) is 0.118. The number of carbonyl (C=O) groups excluding carboxylic acids is 1. The molecular weight excluding hydrogens is 287 g/mol. The first kappa shape index (κ1) is 14.1. The monoisotopic (exact) mass is 300 g/mol. The summed E-state index contributed by atoms with van der Waals surface area (Å²) in [7, 11) is 1.44. The molecule has 0 saturated carbocycles. The van der Waals surface area contributed by atoms with E-state index in [0.717, 1.165) is 0 Å². The van der Waals surface area contributed by atoms with Crippen molar-refractivity contribution in [3.8, 4) is 11.5 Å². The van der Waals surface area contributed by atoms with Crippen molar-refractivity contribution in [3.63, 3.8) is 0 Å². The van der Waals surface area contributed by atoms with Gasteiger partial charge in [0.15, 0.2) is 17.3 Å². The third-order valence-corrected chi connectivity index (χ3v) is 3.47. The number of hydrogen-bond donors (Lipinski definition) is 1. The number of fused-ring (bicyclic) bond motifs is 1. The molecule has 0 spiro atoms. The minimum Gasteiger partial charge on any atom is -0.504 e. The van der Waals surface area contributed by atoms with Gasteiger partial charge in [0.25, 0.3) is 0 Å². The molecule has 2 aromatic carbocycles. The van der Waals surface area contributed by atoms with E-state index in [4.69, 9.17) is 9.47 Å². The van der Waals surface area contributed by atoms with Crippen molar-refractivity contribution < 1.29 is 23.8 Å². The minimum absolute atomic E-state index is 0.0666. The van der Waals surface area contributed by atoms with Crippen molar-refractivity contribution >= 4 is 11.9 Å². The van der Waals surface area contributed by atoms with Gasteiger partial charge in [0.05, 0.1) is 7.11 Å². The van der Waals surface area contributed by atoms with Crippen LogP contribution in [0.2, 0.25) is 0 Å². The van der Waals surface area contributed by atoms with E-state index in [2.05, 4.69) is 0 Å². The maximum atomic E-state index is 12.9. The molecule has 0 saturated heterocycles. The maximum absolute atomic E-state index is 12.9. The average molecular weight is 300 g/mol. The van der Waals surface area contributed by atoms with E-state index in [1.165, 1.54) is 25.3 Å². The Kier molecular flexibility index (Phi) is 3.55. The summed E-state index contributed by atoms with van der Waals surface area (Å²) in [5.41, 5.74) is 1.43. The molecule has 1 heterocycles. The van der Waals surface area contributed by atoms with E-state index in [9.17, 15) is 14.3 Å². The van der Waals surface area contributed by atoms with Crippen LogP contribution in [0.3, 0.4) is 0 Å². The molecule has 1 aliphatic rings. The molecule has 0 unspecified atom stereocenters. The molecule has 22 heavy (non-hydrogen) atoms. The summed E-state index contributed by atoms with van der Waals surface area (Å²) in [6.45, 7) is 0.0666. The number of hydrogen-bond acceptors (Lipinski definition) is 4. The molecule has 1 N–H and O–H groups in total. The molecule has 3 rings (SSSR count). The molecule has 112 valence electrons. The first-order valence-electron chi connectivity index (χ1n) is 6.63. The number of carbonyl (C=O) groups is 1. The third-order valence-electron chi connectivity index (χ3n) is 3.47. The highest BCUT2D eigenvalue weighted by Gasteiger charge is 2.27. The molecule has 0 bridgehead atoms. The number of ketones is 1. The van der Waals surface area contributed by atoms with Crippen LogP contribution in [-0.2, 0) is 11.3 Å². The number of methoxy groups -OCH3 is 1. The first-order chi connectivity index (χ1) is 10.6. The Balaban J connectivity index is 1.98. The number of halogens is 1. The summed E-state index contributed by atoms with van der Waals surface area (Å²) in [6, 6.07) is 8.86. The predicted octanol–water partition coefficient (Wildman–Crippen LogP) is 3.29. The van der Waals surface area contributed by atoms with Crippen LogP contribution in [0.25, 0.3) is 6.08 Å². The van der Waals surface area contributed by atoms with Crippen molar-refractivity contribution in [2.75, 3.05) is 7.11 Å². The average Bonchev–Trinajstić information content (AvgIpc) is 2.53. The molecule has 5 heteroatoms. The van der Waals surface area contributed by atoms with E-state index in [-0.39, 0.29) is 29.7 Å². The molecule has 0 radical (unpaired) electrons. The topological polar surface area (TPSA) is 55.8 Å². The van der Waals surface area contributed by atoms with Gasteiger partial charge < -0.3 is 14.6 Å². The van der Waals surface area contributed by atoms with Crippen LogP contribution in [0, 0.1) is 5.82 Å². The van der Waals surface area contributed by atoms with Gasteiger partial charge in [-0.2, -0.15) is 0 Å². The SMILES string of the molecule is COc1ccc2c(c1O)CO/C(=C\c1ccc(F)cc1)C2=O. The van der Waals surface area contributed by atoms with Crippen molar-refractivity contribution in [2.45, 2.75) is 6.61 Å². The molecule has 0 aromatic heterocycles. The predicted molar refractivity (Wildman–Crippen MR) is 78.2 cm³/mol. The van der Waals surface area contributed by atoms with Crippen molar-refractivity contribution in [2.24, 2.45) is 0 Å². The molecule has 2 aromatic rings. The molecule has 0 fully saturated rings. The zero-order chi connectivity index (χ0) is 15.7. The Hall–Kier alpha value is -2.82. The van der Waals surface area contributed by atoms with Gasteiger partial charge in [-0.15, -0.1) is 0 Å². The second-order valence-corrected chi connectivity index (χ2v) is 4.82. The number of ether oxygens (including phenoxy) is 2. The fourth-order valence-electron chi connectivity index (χ4n) is 2.30. The number of Topliss-reactive ketones (excluding diaryl/α,β-unsaturated/α-hetero) is 1. The number of phenols is 1. The highest BCUT2D eigenvalue weighted by molar-refractivity contribution is 6.12. The summed E-state index contributed by atoms with van der Waals surface area (Å²) in [6.07, 6.45) is 1.55. The van der Waals surface area contributed by atoms with E-state index < -0.39 is 0 Å². The number of phenolic OH excluding ortho intramolecular Hbond substituents is 1. The third kappa shape index (κ3) is 2.41. The molecule has 0 atom stereocenters. The normalized spacial score (nSPS) is 15.4.